The Morgan fingerprint density at radius 3 is 2.34 bits per heavy atom. The summed E-state index contributed by atoms with van der Waals surface area (Å²) in [5, 5.41) is 18.0. The first-order valence-electron chi connectivity index (χ1n) is 9.72. The number of rotatable bonds is 11. The van der Waals surface area contributed by atoms with Gasteiger partial charge in [-0.1, -0.05) is 12.1 Å². The van der Waals surface area contributed by atoms with Gasteiger partial charge in [0.2, 0.25) is 0 Å². The quantitative estimate of drug-likeness (QED) is 0.357. The molecule has 0 aliphatic carbocycles. The van der Waals surface area contributed by atoms with Gasteiger partial charge in [-0.25, -0.2) is 9.18 Å². The molecule has 0 heterocycles. The number of carboxylic acid groups (broad SMARTS) is 2. The van der Waals surface area contributed by atoms with Crippen LogP contribution in [0.2, 0.25) is 0 Å². The van der Waals surface area contributed by atoms with Crippen LogP contribution in [0, 0.1) is 12.7 Å². The zero-order valence-electron chi connectivity index (χ0n) is 17.2. The van der Waals surface area contributed by atoms with Crippen LogP contribution in [0.25, 0.3) is 0 Å². The average Bonchev–Trinajstić information content (AvgIpc) is 2.64. The Balaban J connectivity index is 1.90. The Morgan fingerprint density at radius 1 is 1.00 bits per heavy atom. The molecule has 0 atom stereocenters. The number of unbranched alkanes of at least 4 members (excludes halogenated alkanes) is 2. The predicted octanol–water partition coefficient (Wildman–Crippen LogP) is 5.15. The second-order valence-corrected chi connectivity index (χ2v) is 7.14. The topological polar surface area (TPSA) is 93.1 Å². The van der Waals surface area contributed by atoms with Crippen LogP contribution in [-0.4, -0.2) is 35.1 Å². The predicted molar refractivity (Wildman–Crippen MR) is 106 cm³/mol. The maximum atomic E-state index is 13.8. The number of hydrogen-bond donors (Lipinski definition) is 2. The first-order valence-corrected chi connectivity index (χ1v) is 9.72. The lowest BCUT2D eigenvalue weighted by atomic mass is 10.0. The molecule has 0 saturated carbocycles. The first-order chi connectivity index (χ1) is 15.0. The Labute approximate surface area is 181 Å². The molecule has 10 heteroatoms. The van der Waals surface area contributed by atoms with Crippen LogP contribution in [0.5, 0.6) is 11.5 Å². The first kappa shape index (κ1) is 25.0. The van der Waals surface area contributed by atoms with Gasteiger partial charge in [0.1, 0.15) is 22.9 Å². The summed E-state index contributed by atoms with van der Waals surface area (Å²) in [6, 6.07) is 6.57. The maximum Gasteiger partial charge on any atom is 0.573 e. The molecule has 0 saturated heterocycles. The SMILES string of the molecule is Cc1cc(F)c(C(=O)O)c(OCCCCCc2ccc(CC(=O)O)c(OC(F)(F)F)c2)c1. The summed E-state index contributed by atoms with van der Waals surface area (Å²) >= 11 is 0. The third kappa shape index (κ3) is 7.75. The Hall–Kier alpha value is -3.30. The number of aromatic carboxylic acids is 1. The van der Waals surface area contributed by atoms with Crippen LogP contribution in [0.15, 0.2) is 30.3 Å². The third-order valence-corrected chi connectivity index (χ3v) is 4.48. The fraction of sp³-hybridized carbons (Fsp3) is 0.364. The molecule has 174 valence electrons. The molecule has 0 aliphatic heterocycles. The van der Waals surface area contributed by atoms with Gasteiger partial charge in [-0.2, -0.15) is 0 Å². The molecule has 2 aromatic rings. The van der Waals surface area contributed by atoms with Gasteiger partial charge < -0.3 is 19.7 Å². The van der Waals surface area contributed by atoms with Crippen LogP contribution in [0.4, 0.5) is 17.6 Å². The minimum Gasteiger partial charge on any atom is -0.493 e. The van der Waals surface area contributed by atoms with E-state index >= 15 is 0 Å². The van der Waals surface area contributed by atoms with Crippen molar-refractivity contribution in [3.05, 3.63) is 58.4 Å². The number of aliphatic carboxylic acids is 1. The summed E-state index contributed by atoms with van der Waals surface area (Å²) in [4.78, 5) is 22.1. The highest BCUT2D eigenvalue weighted by molar-refractivity contribution is 5.91. The summed E-state index contributed by atoms with van der Waals surface area (Å²) in [6.07, 6.45) is -3.41. The minimum absolute atomic E-state index is 0.0574. The van der Waals surface area contributed by atoms with Gasteiger partial charge in [-0.15, -0.1) is 13.2 Å². The van der Waals surface area contributed by atoms with Gasteiger partial charge in [0.15, 0.2) is 0 Å². The summed E-state index contributed by atoms with van der Waals surface area (Å²) in [5.41, 5.74) is 0.458. The van der Waals surface area contributed by atoms with E-state index in [1.54, 1.807) is 13.0 Å². The number of hydrogen-bond acceptors (Lipinski definition) is 4. The van der Waals surface area contributed by atoms with Crippen molar-refractivity contribution in [1.29, 1.82) is 0 Å². The smallest absolute Gasteiger partial charge is 0.493 e. The van der Waals surface area contributed by atoms with E-state index in [1.807, 2.05) is 0 Å². The molecule has 0 amide bonds. The number of benzene rings is 2. The highest BCUT2D eigenvalue weighted by Crippen LogP contribution is 2.29. The minimum atomic E-state index is -4.94. The van der Waals surface area contributed by atoms with E-state index < -0.39 is 41.9 Å². The highest BCUT2D eigenvalue weighted by Gasteiger charge is 2.32. The van der Waals surface area contributed by atoms with Crippen LogP contribution in [0.1, 0.15) is 46.3 Å². The second kappa shape index (κ2) is 10.8. The largest absolute Gasteiger partial charge is 0.573 e. The number of ether oxygens (including phenoxy) is 2. The van der Waals surface area contributed by atoms with Crippen LogP contribution >= 0.6 is 0 Å². The summed E-state index contributed by atoms with van der Waals surface area (Å²) < 4.78 is 61.0. The molecule has 0 unspecified atom stereocenters. The zero-order chi connectivity index (χ0) is 23.9. The van der Waals surface area contributed by atoms with E-state index in [9.17, 15) is 27.2 Å². The van der Waals surface area contributed by atoms with Crippen molar-refractivity contribution in [1.82, 2.24) is 0 Å². The fourth-order valence-corrected chi connectivity index (χ4v) is 3.10. The Kier molecular flexibility index (Phi) is 8.45. The van der Waals surface area contributed by atoms with Crippen molar-refractivity contribution >= 4 is 11.9 Å². The molecule has 0 fully saturated rings. The molecule has 2 N–H and O–H groups in total. The molecule has 2 rings (SSSR count). The zero-order valence-corrected chi connectivity index (χ0v) is 17.2. The number of carboxylic acids is 2. The van der Waals surface area contributed by atoms with E-state index in [1.165, 1.54) is 18.2 Å². The van der Waals surface area contributed by atoms with E-state index in [0.717, 1.165) is 6.07 Å². The molecule has 0 bridgehead atoms. The fourth-order valence-electron chi connectivity index (χ4n) is 3.10. The van der Waals surface area contributed by atoms with Crippen molar-refractivity contribution in [2.24, 2.45) is 0 Å². The van der Waals surface area contributed by atoms with Gasteiger partial charge in [-0.05, 0) is 61.9 Å². The monoisotopic (exact) mass is 458 g/mol. The van der Waals surface area contributed by atoms with Gasteiger partial charge in [0.25, 0.3) is 0 Å². The van der Waals surface area contributed by atoms with Gasteiger partial charge in [0.05, 0.1) is 13.0 Å². The van der Waals surface area contributed by atoms with Crippen molar-refractivity contribution in [2.75, 3.05) is 6.61 Å². The van der Waals surface area contributed by atoms with Crippen molar-refractivity contribution in [2.45, 2.75) is 45.4 Å². The molecule has 0 radical (unpaired) electrons. The second-order valence-electron chi connectivity index (χ2n) is 7.14. The van der Waals surface area contributed by atoms with E-state index in [-0.39, 0.29) is 17.9 Å². The van der Waals surface area contributed by atoms with Crippen LogP contribution in [-0.2, 0) is 17.6 Å². The summed E-state index contributed by atoms with van der Waals surface area (Å²) in [6.45, 7) is 1.75. The van der Waals surface area contributed by atoms with Gasteiger partial charge >= 0.3 is 18.3 Å². The van der Waals surface area contributed by atoms with Crippen molar-refractivity contribution in [3.63, 3.8) is 0 Å². The van der Waals surface area contributed by atoms with E-state index in [2.05, 4.69) is 4.74 Å². The lowest BCUT2D eigenvalue weighted by molar-refractivity contribution is -0.275. The number of halogens is 4. The Morgan fingerprint density at radius 2 is 1.72 bits per heavy atom. The summed E-state index contributed by atoms with van der Waals surface area (Å²) in [5.74, 6) is -4.18. The highest BCUT2D eigenvalue weighted by atomic mass is 19.4. The van der Waals surface area contributed by atoms with E-state index in [4.69, 9.17) is 14.9 Å². The van der Waals surface area contributed by atoms with Crippen LogP contribution < -0.4 is 9.47 Å². The normalized spacial score (nSPS) is 11.3. The van der Waals surface area contributed by atoms with Crippen molar-refractivity contribution < 1.29 is 46.8 Å². The lowest BCUT2D eigenvalue weighted by Gasteiger charge is -2.14. The third-order valence-electron chi connectivity index (χ3n) is 4.48. The van der Waals surface area contributed by atoms with E-state index in [0.29, 0.717) is 36.8 Å². The average molecular weight is 458 g/mol. The molecule has 6 nitrogen and oxygen atoms in total. The standard InChI is InChI=1S/C22H22F4O6/c1-13-9-16(23)20(21(29)30)18(10-13)31-8-4-2-3-5-14-6-7-15(12-19(27)28)17(11-14)32-22(24,25)26/h6-7,9-11H,2-5,8,12H2,1H3,(H,27,28)(H,29,30). The molecule has 0 aliphatic rings. The lowest BCUT2D eigenvalue weighted by Crippen LogP contribution is -2.19. The van der Waals surface area contributed by atoms with Gasteiger partial charge in [0, 0.05) is 5.56 Å². The van der Waals surface area contributed by atoms with Crippen molar-refractivity contribution in [3.8, 4) is 11.5 Å². The van der Waals surface area contributed by atoms with Crippen LogP contribution in [0.3, 0.4) is 0 Å². The number of aryl methyl sites for hydroxylation is 2. The number of carbonyl (C=O) groups is 2. The summed E-state index contributed by atoms with van der Waals surface area (Å²) in [7, 11) is 0. The maximum absolute atomic E-state index is 13.8. The molecule has 0 aromatic heterocycles. The molecule has 0 spiro atoms. The molecular formula is C22H22F4O6. The molecular weight excluding hydrogens is 436 g/mol. The molecule has 2 aromatic carbocycles. The van der Waals surface area contributed by atoms with Gasteiger partial charge in [-0.3, -0.25) is 4.79 Å². The Bertz CT molecular complexity index is 972. The number of alkyl halides is 3. The molecule has 32 heavy (non-hydrogen) atoms.